The molecule has 102 valence electrons. The molecule has 0 heterocycles. The zero-order chi connectivity index (χ0) is 13.4. The molecule has 0 fully saturated rings. The summed E-state index contributed by atoms with van der Waals surface area (Å²) in [4.78, 5) is 0. The Balaban J connectivity index is 2.76. The van der Waals surface area contributed by atoms with E-state index in [4.69, 9.17) is 4.74 Å². The van der Waals surface area contributed by atoms with Crippen LogP contribution in [0.1, 0.15) is 57.6 Å². The van der Waals surface area contributed by atoms with Gasteiger partial charge in [-0.05, 0) is 18.9 Å². The zero-order valence-corrected chi connectivity index (χ0v) is 11.4. The molecule has 0 amide bonds. The molecule has 3 heteroatoms. The minimum absolute atomic E-state index is 0.0462. The number of hydrogen-bond acceptors (Lipinski definition) is 3. The Kier molecular flexibility index (Phi) is 6.58. The smallest absolute Gasteiger partial charge is 0.163 e. The van der Waals surface area contributed by atoms with Crippen molar-refractivity contribution in [2.75, 3.05) is 6.61 Å². The molecule has 1 unspecified atom stereocenters. The summed E-state index contributed by atoms with van der Waals surface area (Å²) in [6.45, 7) is 4.95. The Morgan fingerprint density at radius 2 is 1.83 bits per heavy atom. The molecule has 0 radical (unpaired) electrons. The van der Waals surface area contributed by atoms with Crippen molar-refractivity contribution in [3.63, 3.8) is 0 Å². The Morgan fingerprint density at radius 1 is 1.11 bits per heavy atom. The Hall–Kier alpha value is -1.22. The van der Waals surface area contributed by atoms with Crippen LogP contribution in [0, 0.1) is 0 Å². The molecule has 1 aromatic rings. The second kappa shape index (κ2) is 7.98. The third kappa shape index (κ3) is 4.22. The van der Waals surface area contributed by atoms with Gasteiger partial charge in [-0.15, -0.1) is 0 Å². The van der Waals surface area contributed by atoms with E-state index in [0.29, 0.717) is 12.2 Å². The fourth-order valence-corrected chi connectivity index (χ4v) is 1.90. The van der Waals surface area contributed by atoms with Gasteiger partial charge in [0.05, 0.1) is 6.10 Å². The van der Waals surface area contributed by atoms with Crippen LogP contribution in [0.3, 0.4) is 0 Å². The monoisotopic (exact) mass is 252 g/mol. The van der Waals surface area contributed by atoms with Gasteiger partial charge in [-0.25, -0.2) is 0 Å². The van der Waals surface area contributed by atoms with E-state index >= 15 is 0 Å². The van der Waals surface area contributed by atoms with Gasteiger partial charge < -0.3 is 14.9 Å². The summed E-state index contributed by atoms with van der Waals surface area (Å²) >= 11 is 0. The molecular weight excluding hydrogens is 228 g/mol. The molecular formula is C15H24O3. The maximum absolute atomic E-state index is 9.89. The Morgan fingerprint density at radius 3 is 2.50 bits per heavy atom. The number of ether oxygens (including phenoxy) is 1. The first kappa shape index (κ1) is 14.8. The topological polar surface area (TPSA) is 49.7 Å². The lowest BCUT2D eigenvalue weighted by molar-refractivity contribution is 0.0415. The molecule has 0 spiro atoms. The van der Waals surface area contributed by atoms with Crippen LogP contribution >= 0.6 is 0 Å². The first-order chi connectivity index (χ1) is 8.70. The fraction of sp³-hybridized carbons (Fsp3) is 0.600. The van der Waals surface area contributed by atoms with Gasteiger partial charge in [0.25, 0.3) is 0 Å². The van der Waals surface area contributed by atoms with Gasteiger partial charge in [-0.1, -0.05) is 45.2 Å². The van der Waals surface area contributed by atoms with E-state index in [1.807, 2.05) is 6.07 Å². The zero-order valence-electron chi connectivity index (χ0n) is 11.4. The maximum Gasteiger partial charge on any atom is 0.163 e. The summed E-state index contributed by atoms with van der Waals surface area (Å²) in [6, 6.07) is 5.05. The van der Waals surface area contributed by atoms with E-state index in [2.05, 4.69) is 13.8 Å². The van der Waals surface area contributed by atoms with Gasteiger partial charge in [-0.3, -0.25) is 0 Å². The molecule has 0 aromatic heterocycles. The standard InChI is InChI=1S/C15H24O3/c1-3-5-10-14(18-11-6-4-2)12-8-7-9-13(16)15(12)17/h7-9,14,16-17H,3-6,10-11H2,1-2H3. The summed E-state index contributed by atoms with van der Waals surface area (Å²) in [5, 5.41) is 19.4. The second-order valence-electron chi connectivity index (χ2n) is 4.57. The lowest BCUT2D eigenvalue weighted by Gasteiger charge is -2.19. The SMILES string of the molecule is CCCCOC(CCCC)c1cccc(O)c1O. The van der Waals surface area contributed by atoms with Crippen molar-refractivity contribution in [2.45, 2.75) is 52.1 Å². The second-order valence-corrected chi connectivity index (χ2v) is 4.57. The molecule has 0 saturated carbocycles. The number of rotatable bonds is 8. The van der Waals surface area contributed by atoms with Gasteiger partial charge >= 0.3 is 0 Å². The summed E-state index contributed by atoms with van der Waals surface area (Å²) < 4.78 is 5.84. The van der Waals surface area contributed by atoms with E-state index in [1.54, 1.807) is 6.07 Å². The maximum atomic E-state index is 9.89. The van der Waals surface area contributed by atoms with Crippen LogP contribution in [-0.4, -0.2) is 16.8 Å². The van der Waals surface area contributed by atoms with Crippen LogP contribution < -0.4 is 0 Å². The highest BCUT2D eigenvalue weighted by Crippen LogP contribution is 2.36. The molecule has 0 aliphatic carbocycles. The van der Waals surface area contributed by atoms with Crippen molar-refractivity contribution < 1.29 is 14.9 Å². The summed E-state index contributed by atoms with van der Waals surface area (Å²) in [7, 11) is 0. The van der Waals surface area contributed by atoms with Gasteiger partial charge in [0, 0.05) is 12.2 Å². The third-order valence-electron chi connectivity index (χ3n) is 3.03. The number of para-hydroxylation sites is 1. The van der Waals surface area contributed by atoms with Gasteiger partial charge in [-0.2, -0.15) is 0 Å². The molecule has 3 nitrogen and oxygen atoms in total. The molecule has 1 atom stereocenters. The number of phenolic OH excluding ortho intramolecular Hbond substituents is 2. The Labute approximate surface area is 109 Å². The van der Waals surface area contributed by atoms with Crippen molar-refractivity contribution in [1.82, 2.24) is 0 Å². The van der Waals surface area contributed by atoms with E-state index in [1.165, 1.54) is 6.07 Å². The Bertz CT molecular complexity index is 350. The molecule has 0 aliphatic heterocycles. The molecule has 0 aliphatic rings. The lowest BCUT2D eigenvalue weighted by Crippen LogP contribution is -2.06. The van der Waals surface area contributed by atoms with Crippen LogP contribution in [0.2, 0.25) is 0 Å². The van der Waals surface area contributed by atoms with Crippen LogP contribution in [-0.2, 0) is 4.74 Å². The lowest BCUT2D eigenvalue weighted by atomic mass is 10.0. The van der Waals surface area contributed by atoms with Crippen molar-refractivity contribution in [3.8, 4) is 11.5 Å². The highest BCUT2D eigenvalue weighted by molar-refractivity contribution is 5.45. The number of aromatic hydroxyl groups is 2. The largest absolute Gasteiger partial charge is 0.504 e. The minimum Gasteiger partial charge on any atom is -0.504 e. The van der Waals surface area contributed by atoms with Crippen molar-refractivity contribution >= 4 is 0 Å². The molecule has 2 N–H and O–H groups in total. The summed E-state index contributed by atoms with van der Waals surface area (Å²) in [5.74, 6) is -0.122. The highest BCUT2D eigenvalue weighted by Gasteiger charge is 2.17. The number of phenols is 2. The van der Waals surface area contributed by atoms with Crippen molar-refractivity contribution in [2.24, 2.45) is 0 Å². The van der Waals surface area contributed by atoms with E-state index in [0.717, 1.165) is 32.1 Å². The van der Waals surface area contributed by atoms with E-state index < -0.39 is 0 Å². The van der Waals surface area contributed by atoms with E-state index in [-0.39, 0.29) is 17.6 Å². The molecule has 1 rings (SSSR count). The highest BCUT2D eigenvalue weighted by atomic mass is 16.5. The summed E-state index contributed by atoms with van der Waals surface area (Å²) in [5.41, 5.74) is 0.694. The molecule has 0 saturated heterocycles. The average Bonchev–Trinajstić information content (AvgIpc) is 2.37. The molecule has 18 heavy (non-hydrogen) atoms. The minimum atomic E-state index is -0.122. The van der Waals surface area contributed by atoms with Crippen LogP contribution in [0.25, 0.3) is 0 Å². The fourth-order valence-electron chi connectivity index (χ4n) is 1.90. The van der Waals surface area contributed by atoms with Crippen molar-refractivity contribution in [3.05, 3.63) is 23.8 Å². The third-order valence-corrected chi connectivity index (χ3v) is 3.03. The van der Waals surface area contributed by atoms with Crippen LogP contribution in [0.15, 0.2) is 18.2 Å². The average molecular weight is 252 g/mol. The van der Waals surface area contributed by atoms with Crippen LogP contribution in [0.5, 0.6) is 11.5 Å². The normalized spacial score (nSPS) is 12.6. The van der Waals surface area contributed by atoms with Gasteiger partial charge in [0.1, 0.15) is 0 Å². The van der Waals surface area contributed by atoms with Crippen LogP contribution in [0.4, 0.5) is 0 Å². The molecule has 1 aromatic carbocycles. The first-order valence-corrected chi connectivity index (χ1v) is 6.83. The quantitative estimate of drug-likeness (QED) is 0.540. The predicted octanol–water partition coefficient (Wildman–Crippen LogP) is 4.15. The predicted molar refractivity (Wildman–Crippen MR) is 72.9 cm³/mol. The molecule has 0 bridgehead atoms. The number of benzene rings is 1. The van der Waals surface area contributed by atoms with Gasteiger partial charge in [0.15, 0.2) is 11.5 Å². The number of unbranched alkanes of at least 4 members (excludes halogenated alkanes) is 2. The van der Waals surface area contributed by atoms with Gasteiger partial charge in [0.2, 0.25) is 0 Å². The number of hydrogen-bond donors (Lipinski definition) is 2. The summed E-state index contributed by atoms with van der Waals surface area (Å²) in [6.07, 6.45) is 4.99. The van der Waals surface area contributed by atoms with Crippen molar-refractivity contribution in [1.29, 1.82) is 0 Å². The van der Waals surface area contributed by atoms with E-state index in [9.17, 15) is 10.2 Å². The first-order valence-electron chi connectivity index (χ1n) is 6.83.